The molecule has 1 fully saturated rings. The van der Waals surface area contributed by atoms with Crippen LogP contribution in [-0.4, -0.2) is 82.5 Å². The summed E-state index contributed by atoms with van der Waals surface area (Å²) in [5.74, 6) is 0.422. The number of rotatable bonds is 9. The monoisotopic (exact) mass is 397 g/mol. The van der Waals surface area contributed by atoms with Crippen molar-refractivity contribution in [3.05, 3.63) is 29.8 Å². The van der Waals surface area contributed by atoms with Gasteiger partial charge in [-0.25, -0.2) is 8.42 Å². The fourth-order valence-corrected chi connectivity index (χ4v) is 3.90. The number of sulfone groups is 1. The molecule has 1 aliphatic heterocycles. The number of ether oxygens (including phenoxy) is 1. The van der Waals surface area contributed by atoms with E-state index < -0.39 is 9.84 Å². The molecule has 1 atom stereocenters. The molecule has 1 amide bonds. The Balaban J connectivity index is 2.09. The van der Waals surface area contributed by atoms with E-state index >= 15 is 0 Å². The van der Waals surface area contributed by atoms with Crippen molar-refractivity contribution < 1.29 is 17.9 Å². The Morgan fingerprint density at radius 3 is 2.48 bits per heavy atom. The summed E-state index contributed by atoms with van der Waals surface area (Å²) >= 11 is 0. The zero-order valence-corrected chi connectivity index (χ0v) is 17.3. The highest BCUT2D eigenvalue weighted by atomic mass is 32.2. The molecule has 2 rings (SSSR count). The van der Waals surface area contributed by atoms with Crippen molar-refractivity contribution in [3.63, 3.8) is 0 Å². The van der Waals surface area contributed by atoms with E-state index in [-0.39, 0.29) is 24.1 Å². The quantitative estimate of drug-likeness (QED) is 0.668. The smallest absolute Gasteiger partial charge is 0.221 e. The molecule has 0 aromatic heterocycles. The number of carbonyl (C=O) groups is 1. The Bertz CT molecular complexity index is 715. The topological polar surface area (TPSA) is 79.0 Å². The van der Waals surface area contributed by atoms with Crippen molar-refractivity contribution in [1.82, 2.24) is 15.1 Å². The third-order valence-electron chi connectivity index (χ3n) is 4.99. The summed E-state index contributed by atoms with van der Waals surface area (Å²) in [5.41, 5.74) is 1.04. The number of benzene rings is 1. The molecule has 1 aliphatic rings. The molecule has 1 saturated heterocycles. The normalized spacial score (nSPS) is 17.4. The number of carbonyl (C=O) groups excluding carboxylic acids is 1. The summed E-state index contributed by atoms with van der Waals surface area (Å²) in [5, 5.41) is 2.91. The van der Waals surface area contributed by atoms with E-state index in [9.17, 15) is 13.2 Å². The van der Waals surface area contributed by atoms with E-state index in [0.717, 1.165) is 50.3 Å². The molecule has 27 heavy (non-hydrogen) atoms. The minimum atomic E-state index is -3.15. The van der Waals surface area contributed by atoms with Gasteiger partial charge in [-0.3, -0.25) is 9.69 Å². The maximum Gasteiger partial charge on any atom is 0.221 e. The first-order valence-corrected chi connectivity index (χ1v) is 11.4. The van der Waals surface area contributed by atoms with Crippen LogP contribution in [0.2, 0.25) is 0 Å². The van der Waals surface area contributed by atoms with Crippen molar-refractivity contribution >= 4 is 15.7 Å². The first kappa shape index (κ1) is 21.7. The standard InChI is InChI=1S/C19H31N3O4S/c1-4-21-10-12-22(13-11-21)17(16-7-5-6-8-18(16)26-2)15-20-19(23)9-14-27(3,24)25/h5-8,17H,4,9-15H2,1-3H3,(H,20,23). The van der Waals surface area contributed by atoms with Crippen molar-refractivity contribution in [2.24, 2.45) is 0 Å². The minimum Gasteiger partial charge on any atom is -0.496 e. The van der Waals surface area contributed by atoms with Crippen molar-refractivity contribution in [3.8, 4) is 5.75 Å². The van der Waals surface area contributed by atoms with Crippen LogP contribution in [-0.2, 0) is 14.6 Å². The fraction of sp³-hybridized carbons (Fsp3) is 0.632. The largest absolute Gasteiger partial charge is 0.496 e. The van der Waals surface area contributed by atoms with Gasteiger partial charge in [-0.2, -0.15) is 0 Å². The van der Waals surface area contributed by atoms with Crippen LogP contribution in [0.15, 0.2) is 24.3 Å². The number of amides is 1. The zero-order chi connectivity index (χ0) is 19.9. The second-order valence-electron chi connectivity index (χ2n) is 6.91. The summed E-state index contributed by atoms with van der Waals surface area (Å²) < 4.78 is 28.1. The summed E-state index contributed by atoms with van der Waals surface area (Å²) in [6.45, 7) is 7.43. The van der Waals surface area contributed by atoms with Gasteiger partial charge in [-0.05, 0) is 12.6 Å². The highest BCUT2D eigenvalue weighted by Crippen LogP contribution is 2.29. The highest BCUT2D eigenvalue weighted by Gasteiger charge is 2.27. The number of para-hydroxylation sites is 1. The molecule has 1 unspecified atom stereocenters. The van der Waals surface area contributed by atoms with E-state index in [1.54, 1.807) is 7.11 Å². The van der Waals surface area contributed by atoms with Crippen LogP contribution in [0.25, 0.3) is 0 Å². The number of hydrogen-bond donors (Lipinski definition) is 1. The Hall–Kier alpha value is -1.64. The lowest BCUT2D eigenvalue weighted by Crippen LogP contribution is -2.49. The van der Waals surface area contributed by atoms with Crippen LogP contribution in [0, 0.1) is 0 Å². The molecule has 0 aliphatic carbocycles. The van der Waals surface area contributed by atoms with Crippen molar-refractivity contribution in [1.29, 1.82) is 0 Å². The Morgan fingerprint density at radius 2 is 1.89 bits per heavy atom. The lowest BCUT2D eigenvalue weighted by Gasteiger charge is -2.39. The summed E-state index contributed by atoms with van der Waals surface area (Å²) in [6, 6.07) is 7.84. The second-order valence-corrected chi connectivity index (χ2v) is 9.17. The predicted molar refractivity (Wildman–Crippen MR) is 107 cm³/mol. The molecule has 0 saturated carbocycles. The van der Waals surface area contributed by atoms with Crippen molar-refractivity contribution in [2.45, 2.75) is 19.4 Å². The molecule has 7 nitrogen and oxygen atoms in total. The SMILES string of the molecule is CCN1CCN(C(CNC(=O)CCS(C)(=O)=O)c2ccccc2OC)CC1. The average molecular weight is 398 g/mol. The fourth-order valence-electron chi connectivity index (χ4n) is 3.35. The third kappa shape index (κ3) is 6.79. The second kappa shape index (κ2) is 10.1. The van der Waals surface area contributed by atoms with Gasteiger partial charge in [0.2, 0.25) is 5.91 Å². The minimum absolute atomic E-state index is 0.0117. The molecule has 1 aromatic rings. The highest BCUT2D eigenvalue weighted by molar-refractivity contribution is 7.90. The van der Waals surface area contributed by atoms with Gasteiger partial charge in [0.25, 0.3) is 0 Å². The van der Waals surface area contributed by atoms with Crippen LogP contribution in [0.1, 0.15) is 24.9 Å². The maximum absolute atomic E-state index is 12.1. The molecular formula is C19H31N3O4S. The van der Waals surface area contributed by atoms with E-state index in [0.29, 0.717) is 6.54 Å². The van der Waals surface area contributed by atoms with E-state index in [2.05, 4.69) is 22.0 Å². The van der Waals surface area contributed by atoms with Gasteiger partial charge in [-0.15, -0.1) is 0 Å². The van der Waals surface area contributed by atoms with E-state index in [1.165, 1.54) is 0 Å². The van der Waals surface area contributed by atoms with Crippen LogP contribution < -0.4 is 10.1 Å². The summed E-state index contributed by atoms with van der Waals surface area (Å²) in [6.07, 6.45) is 1.13. The lowest BCUT2D eigenvalue weighted by molar-refractivity contribution is -0.121. The van der Waals surface area contributed by atoms with E-state index in [1.807, 2.05) is 24.3 Å². The molecular weight excluding hydrogens is 366 g/mol. The van der Waals surface area contributed by atoms with Crippen LogP contribution in [0.4, 0.5) is 0 Å². The van der Waals surface area contributed by atoms with Gasteiger partial charge < -0.3 is 15.0 Å². The lowest BCUT2D eigenvalue weighted by atomic mass is 10.0. The average Bonchev–Trinajstić information content (AvgIpc) is 2.66. The van der Waals surface area contributed by atoms with Gasteiger partial charge in [0.15, 0.2) is 0 Å². The number of hydrogen-bond acceptors (Lipinski definition) is 6. The molecule has 0 radical (unpaired) electrons. The zero-order valence-electron chi connectivity index (χ0n) is 16.5. The Morgan fingerprint density at radius 1 is 1.22 bits per heavy atom. The van der Waals surface area contributed by atoms with E-state index in [4.69, 9.17) is 4.74 Å². The molecule has 8 heteroatoms. The Kier molecular flexibility index (Phi) is 8.07. The van der Waals surface area contributed by atoms with Gasteiger partial charge >= 0.3 is 0 Å². The summed E-state index contributed by atoms with van der Waals surface area (Å²) in [4.78, 5) is 16.9. The first-order valence-electron chi connectivity index (χ1n) is 9.37. The number of nitrogens with one attached hydrogen (secondary N) is 1. The molecule has 1 heterocycles. The van der Waals surface area contributed by atoms with Crippen LogP contribution >= 0.6 is 0 Å². The molecule has 1 aromatic carbocycles. The van der Waals surface area contributed by atoms with Gasteiger partial charge in [0, 0.05) is 51.0 Å². The van der Waals surface area contributed by atoms with Gasteiger partial charge in [0.1, 0.15) is 15.6 Å². The van der Waals surface area contributed by atoms with Crippen molar-refractivity contribution in [2.75, 3.05) is 58.4 Å². The number of likely N-dealkylation sites (N-methyl/N-ethyl adjacent to an activating group) is 1. The number of nitrogens with zero attached hydrogens (tertiary/aromatic N) is 2. The first-order chi connectivity index (χ1) is 12.8. The molecule has 0 spiro atoms. The van der Waals surface area contributed by atoms with Crippen LogP contribution in [0.3, 0.4) is 0 Å². The molecule has 1 N–H and O–H groups in total. The summed E-state index contributed by atoms with van der Waals surface area (Å²) in [7, 11) is -1.50. The number of methoxy groups -OCH3 is 1. The molecule has 152 valence electrons. The maximum atomic E-state index is 12.1. The van der Waals surface area contributed by atoms with Gasteiger partial charge in [0.05, 0.1) is 18.9 Å². The number of piperazine rings is 1. The van der Waals surface area contributed by atoms with Crippen LogP contribution in [0.5, 0.6) is 5.75 Å². The van der Waals surface area contributed by atoms with Gasteiger partial charge in [-0.1, -0.05) is 25.1 Å². The third-order valence-corrected chi connectivity index (χ3v) is 5.93. The predicted octanol–water partition coefficient (Wildman–Crippen LogP) is 0.925. The molecule has 0 bridgehead atoms. The Labute approximate surface area is 162 Å².